The number of aryl methyl sites for hydroxylation is 1. The van der Waals surface area contributed by atoms with Crippen molar-refractivity contribution in [3.8, 4) is 5.75 Å². The molecule has 2 N–H and O–H groups in total. The highest BCUT2D eigenvalue weighted by Gasteiger charge is 2.25. The summed E-state index contributed by atoms with van der Waals surface area (Å²) < 4.78 is 6.30. The third-order valence-electron chi connectivity index (χ3n) is 5.99. The van der Waals surface area contributed by atoms with E-state index in [1.165, 1.54) is 27.7 Å². The summed E-state index contributed by atoms with van der Waals surface area (Å²) in [6.45, 7) is 3.63. The number of fused-ring (bicyclic) bond motifs is 2. The van der Waals surface area contributed by atoms with Crippen LogP contribution in [0.5, 0.6) is 5.75 Å². The molecule has 0 fully saturated rings. The van der Waals surface area contributed by atoms with Crippen molar-refractivity contribution in [3.05, 3.63) is 96.2 Å². The lowest BCUT2D eigenvalue weighted by Gasteiger charge is -2.36. The highest BCUT2D eigenvalue weighted by molar-refractivity contribution is 5.83. The number of aromatic nitrogens is 1. The van der Waals surface area contributed by atoms with E-state index in [0.717, 1.165) is 44.8 Å². The third-order valence-corrected chi connectivity index (χ3v) is 5.99. The van der Waals surface area contributed by atoms with Gasteiger partial charge >= 0.3 is 0 Å². The quantitative estimate of drug-likeness (QED) is 0.394. The Labute approximate surface area is 183 Å². The Bertz CT molecular complexity index is 1120. The second-order valence-corrected chi connectivity index (χ2v) is 8.24. The number of H-pyrrole nitrogens is 1. The van der Waals surface area contributed by atoms with Crippen LogP contribution in [0.1, 0.15) is 17.5 Å². The van der Waals surface area contributed by atoms with E-state index >= 15 is 0 Å². The van der Waals surface area contributed by atoms with Gasteiger partial charge in [0, 0.05) is 30.2 Å². The van der Waals surface area contributed by atoms with Gasteiger partial charge in [0.2, 0.25) is 0 Å². The van der Waals surface area contributed by atoms with Crippen LogP contribution in [-0.2, 0) is 13.0 Å². The van der Waals surface area contributed by atoms with Gasteiger partial charge in [-0.2, -0.15) is 0 Å². The van der Waals surface area contributed by atoms with Crippen LogP contribution in [0.3, 0.4) is 0 Å². The van der Waals surface area contributed by atoms with Gasteiger partial charge in [-0.05, 0) is 48.7 Å². The standard InChI is InChI=1S/C27H29N3O/c1-2-9-21(10-3-1)19-30-20-23(31-27-15-7-6-14-26(27)30)18-28-16-8-11-22-17-29-25-13-5-4-12-24(22)25/h1-7,9-10,12-15,17,23,28-29H,8,11,16,18-20H2. The van der Waals surface area contributed by atoms with Gasteiger partial charge in [0.1, 0.15) is 11.9 Å². The number of ether oxygens (including phenoxy) is 1. The van der Waals surface area contributed by atoms with Crippen LogP contribution in [0.2, 0.25) is 0 Å². The van der Waals surface area contributed by atoms with Gasteiger partial charge in [-0.1, -0.05) is 60.7 Å². The fourth-order valence-corrected chi connectivity index (χ4v) is 4.44. The average molecular weight is 412 g/mol. The van der Waals surface area contributed by atoms with Crippen molar-refractivity contribution in [3.63, 3.8) is 0 Å². The van der Waals surface area contributed by atoms with Crippen molar-refractivity contribution in [1.82, 2.24) is 10.3 Å². The highest BCUT2D eigenvalue weighted by atomic mass is 16.5. The Morgan fingerprint density at radius 3 is 2.68 bits per heavy atom. The first-order valence-corrected chi connectivity index (χ1v) is 11.2. The molecule has 0 aliphatic carbocycles. The molecule has 5 rings (SSSR count). The fourth-order valence-electron chi connectivity index (χ4n) is 4.44. The van der Waals surface area contributed by atoms with Gasteiger partial charge in [0.05, 0.1) is 12.2 Å². The Morgan fingerprint density at radius 1 is 0.935 bits per heavy atom. The number of anilines is 1. The lowest BCUT2D eigenvalue weighted by atomic mass is 10.1. The number of nitrogens with zero attached hydrogens (tertiary/aromatic N) is 1. The van der Waals surface area contributed by atoms with E-state index in [-0.39, 0.29) is 6.10 Å². The van der Waals surface area contributed by atoms with Crippen molar-refractivity contribution >= 4 is 16.6 Å². The van der Waals surface area contributed by atoms with Crippen LogP contribution in [0.4, 0.5) is 5.69 Å². The normalized spacial score (nSPS) is 15.6. The summed E-state index contributed by atoms with van der Waals surface area (Å²) in [7, 11) is 0. The molecule has 0 saturated carbocycles. The molecular weight excluding hydrogens is 382 g/mol. The van der Waals surface area contributed by atoms with Crippen molar-refractivity contribution in [2.45, 2.75) is 25.5 Å². The molecule has 1 unspecified atom stereocenters. The molecule has 31 heavy (non-hydrogen) atoms. The first-order chi connectivity index (χ1) is 15.4. The van der Waals surface area contributed by atoms with E-state index in [9.17, 15) is 0 Å². The van der Waals surface area contributed by atoms with Crippen molar-refractivity contribution < 1.29 is 4.74 Å². The summed E-state index contributed by atoms with van der Waals surface area (Å²) in [4.78, 5) is 5.81. The van der Waals surface area contributed by atoms with Crippen molar-refractivity contribution in [2.24, 2.45) is 0 Å². The molecule has 158 valence electrons. The molecule has 1 aliphatic rings. The van der Waals surface area contributed by atoms with Crippen LogP contribution in [-0.4, -0.2) is 30.7 Å². The molecule has 2 heterocycles. The summed E-state index contributed by atoms with van der Waals surface area (Å²) >= 11 is 0. The lowest BCUT2D eigenvalue weighted by Crippen LogP contribution is -2.45. The molecule has 4 aromatic rings. The van der Waals surface area contributed by atoms with E-state index in [0.29, 0.717) is 0 Å². The van der Waals surface area contributed by atoms with Crippen LogP contribution in [0.15, 0.2) is 85.1 Å². The highest BCUT2D eigenvalue weighted by Crippen LogP contribution is 2.33. The monoisotopic (exact) mass is 411 g/mol. The maximum Gasteiger partial charge on any atom is 0.143 e. The van der Waals surface area contributed by atoms with E-state index in [2.05, 4.69) is 100 Å². The molecular formula is C27H29N3O. The largest absolute Gasteiger partial charge is 0.485 e. The summed E-state index contributed by atoms with van der Waals surface area (Å²) in [6.07, 6.45) is 4.48. The Balaban J connectivity index is 1.15. The van der Waals surface area contributed by atoms with Gasteiger partial charge in [-0.3, -0.25) is 0 Å². The topological polar surface area (TPSA) is 40.3 Å². The molecule has 0 bridgehead atoms. The minimum absolute atomic E-state index is 0.145. The zero-order valence-electron chi connectivity index (χ0n) is 17.8. The SMILES string of the molecule is c1ccc(CN2CC(CNCCCc3c[nH]c4ccccc34)Oc3ccccc32)cc1. The number of rotatable bonds is 8. The summed E-state index contributed by atoms with van der Waals surface area (Å²) in [5.74, 6) is 0.982. The van der Waals surface area contributed by atoms with Gasteiger partial charge in [-0.25, -0.2) is 0 Å². The Hall–Kier alpha value is -3.24. The summed E-state index contributed by atoms with van der Waals surface area (Å²) in [5, 5.41) is 4.96. The van der Waals surface area contributed by atoms with Crippen LogP contribution in [0.25, 0.3) is 10.9 Å². The third kappa shape index (κ3) is 4.59. The predicted molar refractivity (Wildman–Crippen MR) is 128 cm³/mol. The maximum absolute atomic E-state index is 6.30. The second-order valence-electron chi connectivity index (χ2n) is 8.24. The zero-order valence-corrected chi connectivity index (χ0v) is 17.8. The number of hydrogen-bond donors (Lipinski definition) is 2. The Kier molecular flexibility index (Phi) is 5.90. The van der Waals surface area contributed by atoms with Gasteiger partial charge in [-0.15, -0.1) is 0 Å². The zero-order chi connectivity index (χ0) is 20.9. The molecule has 1 aromatic heterocycles. The molecule has 0 spiro atoms. The van der Waals surface area contributed by atoms with Gasteiger partial charge < -0.3 is 19.9 Å². The van der Waals surface area contributed by atoms with Gasteiger partial charge in [0.25, 0.3) is 0 Å². The molecule has 4 heteroatoms. The predicted octanol–water partition coefficient (Wildman–Crippen LogP) is 5.16. The molecule has 0 radical (unpaired) electrons. The average Bonchev–Trinajstić information content (AvgIpc) is 3.23. The van der Waals surface area contributed by atoms with Crippen LogP contribution < -0.4 is 15.0 Å². The molecule has 4 nitrogen and oxygen atoms in total. The minimum atomic E-state index is 0.145. The van der Waals surface area contributed by atoms with E-state index < -0.39 is 0 Å². The molecule has 0 amide bonds. The maximum atomic E-state index is 6.30. The van der Waals surface area contributed by atoms with Crippen LogP contribution >= 0.6 is 0 Å². The van der Waals surface area contributed by atoms with E-state index in [1.807, 2.05) is 0 Å². The number of nitrogens with one attached hydrogen (secondary N) is 2. The number of hydrogen-bond acceptors (Lipinski definition) is 3. The number of benzene rings is 3. The second kappa shape index (κ2) is 9.27. The lowest BCUT2D eigenvalue weighted by molar-refractivity contribution is 0.189. The van der Waals surface area contributed by atoms with Crippen molar-refractivity contribution in [2.75, 3.05) is 24.5 Å². The first kappa shape index (κ1) is 19.7. The Morgan fingerprint density at radius 2 is 1.74 bits per heavy atom. The van der Waals surface area contributed by atoms with Crippen LogP contribution in [0, 0.1) is 0 Å². The molecule has 3 aromatic carbocycles. The molecule has 1 atom stereocenters. The van der Waals surface area contributed by atoms with E-state index in [1.54, 1.807) is 0 Å². The minimum Gasteiger partial charge on any atom is -0.485 e. The number of aromatic amines is 1. The van der Waals surface area contributed by atoms with Gasteiger partial charge in [0.15, 0.2) is 0 Å². The fraction of sp³-hybridized carbons (Fsp3) is 0.259. The molecule has 0 saturated heterocycles. The smallest absolute Gasteiger partial charge is 0.143 e. The summed E-state index contributed by atoms with van der Waals surface area (Å²) in [5.41, 5.74) is 5.12. The number of para-hydroxylation sites is 3. The molecule has 1 aliphatic heterocycles. The first-order valence-electron chi connectivity index (χ1n) is 11.2. The summed E-state index contributed by atoms with van der Waals surface area (Å²) in [6, 6.07) is 27.6. The van der Waals surface area contributed by atoms with E-state index in [4.69, 9.17) is 4.74 Å². The van der Waals surface area contributed by atoms with Crippen molar-refractivity contribution in [1.29, 1.82) is 0 Å².